The van der Waals surface area contributed by atoms with E-state index in [4.69, 9.17) is 4.74 Å². The average Bonchev–Trinajstić information content (AvgIpc) is 2.59. The molecule has 1 aromatic rings. The van der Waals surface area contributed by atoms with Crippen LogP contribution in [0.3, 0.4) is 0 Å². The van der Waals surface area contributed by atoms with E-state index in [0.29, 0.717) is 13.2 Å². The fraction of sp³-hybridized carbons (Fsp3) is 0.600. The molecule has 3 rings (SSSR count). The summed E-state index contributed by atoms with van der Waals surface area (Å²) in [7, 11) is 0. The molecule has 0 spiro atoms. The molecular weight excluding hydrogens is 318 g/mol. The zero-order valence-corrected chi connectivity index (χ0v) is 14.6. The van der Waals surface area contributed by atoms with Crippen LogP contribution in [0.4, 0.5) is 0 Å². The zero-order valence-electron chi connectivity index (χ0n) is 14.6. The number of ether oxygens (including phenoxy) is 1. The van der Waals surface area contributed by atoms with E-state index in [1.807, 2.05) is 18.2 Å². The van der Waals surface area contributed by atoms with Crippen LogP contribution >= 0.6 is 0 Å². The third kappa shape index (κ3) is 4.21. The first kappa shape index (κ1) is 17.9. The summed E-state index contributed by atoms with van der Waals surface area (Å²) in [6, 6.07) is 10.1. The van der Waals surface area contributed by atoms with Gasteiger partial charge in [0.25, 0.3) is 0 Å². The number of rotatable bonds is 7. The van der Waals surface area contributed by atoms with Gasteiger partial charge in [0, 0.05) is 19.8 Å². The molecule has 2 aliphatic rings. The molecule has 25 heavy (non-hydrogen) atoms. The molecule has 2 fully saturated rings. The molecule has 1 aromatic carbocycles. The van der Waals surface area contributed by atoms with Gasteiger partial charge in [-0.2, -0.15) is 0 Å². The summed E-state index contributed by atoms with van der Waals surface area (Å²) in [6.45, 7) is 1.44. The van der Waals surface area contributed by atoms with E-state index in [2.05, 4.69) is 17.4 Å². The topological polar surface area (TPSA) is 75.6 Å². The first-order chi connectivity index (χ1) is 12.1. The minimum atomic E-state index is -0.821. The lowest BCUT2D eigenvalue weighted by atomic mass is 9.64. The van der Waals surface area contributed by atoms with Gasteiger partial charge in [-0.15, -0.1) is 0 Å². The van der Waals surface area contributed by atoms with Crippen molar-refractivity contribution in [1.29, 1.82) is 0 Å². The van der Waals surface area contributed by atoms with Crippen molar-refractivity contribution in [3.05, 3.63) is 35.9 Å². The summed E-state index contributed by atoms with van der Waals surface area (Å²) < 4.78 is 5.32. The maximum absolute atomic E-state index is 12.8. The molecule has 0 aromatic heterocycles. The van der Waals surface area contributed by atoms with Gasteiger partial charge in [0.05, 0.1) is 11.3 Å². The minimum absolute atomic E-state index is 0.0147. The summed E-state index contributed by atoms with van der Waals surface area (Å²) in [4.78, 5) is 24.5. The van der Waals surface area contributed by atoms with Crippen LogP contribution in [-0.2, 0) is 20.7 Å². The number of hydrogen-bond donors (Lipinski definition) is 2. The molecule has 1 atom stereocenters. The maximum Gasteiger partial charge on any atom is 0.308 e. The lowest BCUT2D eigenvalue weighted by Gasteiger charge is -2.41. The van der Waals surface area contributed by atoms with Gasteiger partial charge in [0.15, 0.2) is 0 Å². The highest BCUT2D eigenvalue weighted by Crippen LogP contribution is 2.44. The van der Waals surface area contributed by atoms with Gasteiger partial charge in [-0.1, -0.05) is 36.8 Å². The number of aliphatic carboxylic acids is 1. The van der Waals surface area contributed by atoms with Gasteiger partial charge in [-0.25, -0.2) is 0 Å². The Morgan fingerprint density at radius 1 is 1.20 bits per heavy atom. The van der Waals surface area contributed by atoms with Gasteiger partial charge in [0.2, 0.25) is 5.91 Å². The Hall–Kier alpha value is -1.88. The molecule has 1 amide bonds. The van der Waals surface area contributed by atoms with E-state index in [1.54, 1.807) is 0 Å². The first-order valence-electron chi connectivity index (χ1n) is 9.23. The van der Waals surface area contributed by atoms with Crippen LogP contribution in [0.1, 0.15) is 37.7 Å². The Labute approximate surface area is 148 Å². The predicted octanol–water partition coefficient (Wildman–Crippen LogP) is 2.64. The van der Waals surface area contributed by atoms with Crippen LogP contribution < -0.4 is 5.32 Å². The summed E-state index contributed by atoms with van der Waals surface area (Å²) in [6.07, 6.45) is 5.05. The number of carbonyl (C=O) groups is 2. The fourth-order valence-electron chi connectivity index (χ4n) is 4.04. The van der Waals surface area contributed by atoms with Crippen molar-refractivity contribution in [2.45, 2.75) is 38.5 Å². The van der Waals surface area contributed by atoms with Crippen molar-refractivity contribution in [3.8, 4) is 0 Å². The normalized spacial score (nSPS) is 21.1. The van der Waals surface area contributed by atoms with Gasteiger partial charge in [-0.3, -0.25) is 9.59 Å². The molecule has 1 saturated carbocycles. The van der Waals surface area contributed by atoms with Crippen molar-refractivity contribution in [1.82, 2.24) is 5.32 Å². The monoisotopic (exact) mass is 345 g/mol. The van der Waals surface area contributed by atoms with E-state index >= 15 is 0 Å². The molecule has 5 heteroatoms. The SMILES string of the molecule is O=C(O)C(CNC(=O)C1(Cc2ccccc2)CCC1)C1CCOCC1. The lowest BCUT2D eigenvalue weighted by Crippen LogP contribution is -2.49. The lowest BCUT2D eigenvalue weighted by molar-refractivity contribution is -0.145. The number of carbonyl (C=O) groups excluding carboxylic acids is 1. The second-order valence-electron chi connectivity index (χ2n) is 7.40. The van der Waals surface area contributed by atoms with Gasteiger partial charge in [0.1, 0.15) is 0 Å². The molecule has 5 nitrogen and oxygen atoms in total. The standard InChI is InChI=1S/C20H27NO4/c22-18(23)17(16-7-11-25-12-8-16)14-21-19(24)20(9-4-10-20)13-15-5-2-1-3-6-15/h1-3,5-6,16-17H,4,7-14H2,(H,21,24)(H,22,23). The van der Waals surface area contributed by atoms with E-state index in [9.17, 15) is 14.7 Å². The Kier molecular flexibility index (Phi) is 5.74. The smallest absolute Gasteiger partial charge is 0.308 e. The van der Waals surface area contributed by atoms with Crippen molar-refractivity contribution < 1.29 is 19.4 Å². The molecule has 1 aliphatic carbocycles. The van der Waals surface area contributed by atoms with Crippen molar-refractivity contribution in [2.24, 2.45) is 17.3 Å². The van der Waals surface area contributed by atoms with Crippen LogP contribution in [0.2, 0.25) is 0 Å². The number of amides is 1. The van der Waals surface area contributed by atoms with E-state index in [0.717, 1.165) is 44.1 Å². The van der Waals surface area contributed by atoms with E-state index in [1.165, 1.54) is 0 Å². The fourth-order valence-corrected chi connectivity index (χ4v) is 4.04. The molecule has 136 valence electrons. The molecule has 1 aliphatic heterocycles. The second-order valence-corrected chi connectivity index (χ2v) is 7.40. The molecule has 1 unspecified atom stereocenters. The van der Waals surface area contributed by atoms with E-state index in [-0.39, 0.29) is 23.8 Å². The van der Waals surface area contributed by atoms with Gasteiger partial charge >= 0.3 is 5.97 Å². The Balaban J connectivity index is 1.60. The number of benzene rings is 1. The van der Waals surface area contributed by atoms with Gasteiger partial charge in [-0.05, 0) is 43.6 Å². The molecule has 1 heterocycles. The highest BCUT2D eigenvalue weighted by Gasteiger charge is 2.44. The average molecular weight is 345 g/mol. The number of hydrogen-bond acceptors (Lipinski definition) is 3. The quantitative estimate of drug-likeness (QED) is 0.796. The van der Waals surface area contributed by atoms with Crippen LogP contribution in [0.5, 0.6) is 0 Å². The number of carboxylic acid groups (broad SMARTS) is 1. The third-order valence-corrected chi connectivity index (χ3v) is 5.81. The highest BCUT2D eigenvalue weighted by atomic mass is 16.5. The van der Waals surface area contributed by atoms with Crippen molar-refractivity contribution >= 4 is 11.9 Å². The molecule has 0 radical (unpaired) electrons. The molecule has 1 saturated heterocycles. The van der Waals surface area contributed by atoms with E-state index < -0.39 is 11.9 Å². The number of carboxylic acids is 1. The summed E-state index contributed by atoms with van der Waals surface area (Å²) in [5.41, 5.74) is 0.802. The Morgan fingerprint density at radius 3 is 2.44 bits per heavy atom. The first-order valence-corrected chi connectivity index (χ1v) is 9.23. The molecule has 0 bridgehead atoms. The van der Waals surface area contributed by atoms with Gasteiger partial charge < -0.3 is 15.2 Å². The largest absolute Gasteiger partial charge is 0.481 e. The molecular formula is C20H27NO4. The molecule has 2 N–H and O–H groups in total. The number of nitrogens with one attached hydrogen (secondary N) is 1. The maximum atomic E-state index is 12.8. The van der Waals surface area contributed by atoms with Crippen molar-refractivity contribution in [3.63, 3.8) is 0 Å². The summed E-state index contributed by atoms with van der Waals surface area (Å²) >= 11 is 0. The minimum Gasteiger partial charge on any atom is -0.481 e. The van der Waals surface area contributed by atoms with Crippen LogP contribution in [0.15, 0.2) is 30.3 Å². The van der Waals surface area contributed by atoms with Crippen LogP contribution in [-0.4, -0.2) is 36.7 Å². The second kappa shape index (κ2) is 8.00. The Bertz CT molecular complexity index is 591. The third-order valence-electron chi connectivity index (χ3n) is 5.81. The predicted molar refractivity (Wildman–Crippen MR) is 94.1 cm³/mol. The summed E-state index contributed by atoms with van der Waals surface area (Å²) in [5, 5.41) is 12.5. The Morgan fingerprint density at radius 2 is 1.88 bits per heavy atom. The summed E-state index contributed by atoms with van der Waals surface area (Å²) in [5.74, 6) is -1.25. The highest BCUT2D eigenvalue weighted by molar-refractivity contribution is 5.84. The van der Waals surface area contributed by atoms with Crippen LogP contribution in [0, 0.1) is 17.3 Å². The van der Waals surface area contributed by atoms with Crippen LogP contribution in [0.25, 0.3) is 0 Å². The van der Waals surface area contributed by atoms with Crippen molar-refractivity contribution in [2.75, 3.05) is 19.8 Å². The zero-order chi connectivity index (χ0) is 17.7.